The summed E-state index contributed by atoms with van der Waals surface area (Å²) >= 11 is 3.18. The van der Waals surface area contributed by atoms with E-state index >= 15 is 0 Å². The van der Waals surface area contributed by atoms with Crippen molar-refractivity contribution in [1.82, 2.24) is 0 Å². The third kappa shape index (κ3) is 0.938. The van der Waals surface area contributed by atoms with E-state index in [1.807, 2.05) is 0 Å². The molecular weight excluding hydrogens is 160 g/mol. The average Bonchev–Trinajstić information content (AvgIpc) is 1.58. The molecule has 1 fully saturated rings. The summed E-state index contributed by atoms with van der Waals surface area (Å²) in [6, 6.07) is 0. The molecule has 1 atom stereocenters. The van der Waals surface area contributed by atoms with Crippen LogP contribution < -0.4 is 0 Å². The first-order valence-corrected chi connectivity index (χ1v) is 3.20. The third-order valence-electron chi connectivity index (χ3n) is 0.865. The Kier molecular flexibility index (Phi) is 1.32. The molecule has 0 aromatic rings. The highest BCUT2D eigenvalue weighted by Gasteiger charge is 2.26. The molecule has 7 heavy (non-hydrogen) atoms. The highest BCUT2D eigenvalue weighted by atomic mass is 79.9. The molecule has 2 nitrogen and oxygen atoms in total. The molecule has 0 bridgehead atoms. The van der Waals surface area contributed by atoms with Crippen LogP contribution in [0.2, 0.25) is 0 Å². The predicted octanol–water partition coefficient (Wildman–Crippen LogP) is 0.697. The van der Waals surface area contributed by atoms with Crippen molar-refractivity contribution in [2.45, 2.75) is 12.5 Å². The van der Waals surface area contributed by atoms with Crippen molar-refractivity contribution in [3.05, 3.63) is 0 Å². The maximum Gasteiger partial charge on any atom is 0.309 e. The van der Waals surface area contributed by atoms with Gasteiger partial charge >= 0.3 is 5.97 Å². The van der Waals surface area contributed by atoms with Crippen LogP contribution >= 0.6 is 15.9 Å². The third-order valence-corrected chi connectivity index (χ3v) is 1.59. The molecule has 1 saturated heterocycles. The number of rotatable bonds is 1. The molecule has 1 rings (SSSR count). The van der Waals surface area contributed by atoms with Crippen LogP contribution in [0.1, 0.15) is 6.42 Å². The second kappa shape index (κ2) is 1.82. The first kappa shape index (κ1) is 5.09. The van der Waals surface area contributed by atoms with Crippen LogP contribution in [0.5, 0.6) is 0 Å². The maximum atomic E-state index is 10.0. The fourth-order valence-electron chi connectivity index (χ4n) is 0.448. The molecular formula is C4H5BrO2. The van der Waals surface area contributed by atoms with Gasteiger partial charge in [-0.2, -0.15) is 0 Å². The van der Waals surface area contributed by atoms with Gasteiger partial charge in [0.15, 0.2) is 0 Å². The summed E-state index contributed by atoms with van der Waals surface area (Å²) < 4.78 is 4.60. The van der Waals surface area contributed by atoms with E-state index in [1.54, 1.807) is 0 Å². The van der Waals surface area contributed by atoms with E-state index in [1.165, 1.54) is 0 Å². The Labute approximate surface area is 50.0 Å². The number of ether oxygens (including phenoxy) is 1. The van der Waals surface area contributed by atoms with E-state index in [-0.39, 0.29) is 12.1 Å². The molecule has 1 aliphatic rings. The lowest BCUT2D eigenvalue weighted by molar-refractivity contribution is -0.166. The summed E-state index contributed by atoms with van der Waals surface area (Å²) in [5, 5.41) is 0.777. The zero-order valence-electron chi connectivity index (χ0n) is 3.69. The average molecular weight is 165 g/mol. The van der Waals surface area contributed by atoms with Gasteiger partial charge in [0.2, 0.25) is 0 Å². The van der Waals surface area contributed by atoms with Crippen molar-refractivity contribution in [3.63, 3.8) is 0 Å². The van der Waals surface area contributed by atoms with Crippen LogP contribution in [0, 0.1) is 0 Å². The van der Waals surface area contributed by atoms with Gasteiger partial charge in [0.05, 0.1) is 6.42 Å². The minimum absolute atomic E-state index is 0.0792. The van der Waals surface area contributed by atoms with Crippen molar-refractivity contribution in [2.24, 2.45) is 0 Å². The molecule has 1 unspecified atom stereocenters. The van der Waals surface area contributed by atoms with Gasteiger partial charge in [-0.15, -0.1) is 0 Å². The Bertz CT molecular complexity index is 83.7. The van der Waals surface area contributed by atoms with E-state index in [0.29, 0.717) is 6.42 Å². The van der Waals surface area contributed by atoms with Crippen LogP contribution in [0.15, 0.2) is 0 Å². The highest BCUT2D eigenvalue weighted by molar-refractivity contribution is 9.09. The first-order valence-electron chi connectivity index (χ1n) is 2.08. The number of carbonyl (C=O) groups is 1. The molecule has 0 aliphatic carbocycles. The van der Waals surface area contributed by atoms with Gasteiger partial charge in [-0.25, -0.2) is 0 Å². The topological polar surface area (TPSA) is 26.3 Å². The lowest BCUT2D eigenvalue weighted by Gasteiger charge is -2.22. The molecule has 0 radical (unpaired) electrons. The second-order valence-electron chi connectivity index (χ2n) is 1.47. The molecule has 0 amide bonds. The molecule has 0 N–H and O–H groups in total. The van der Waals surface area contributed by atoms with Gasteiger partial charge in [0.1, 0.15) is 6.10 Å². The maximum absolute atomic E-state index is 10.0. The minimum atomic E-state index is -0.0792. The normalized spacial score (nSPS) is 28.7. The van der Waals surface area contributed by atoms with E-state index in [2.05, 4.69) is 20.7 Å². The number of alkyl halides is 1. The Morgan fingerprint density at radius 2 is 2.57 bits per heavy atom. The second-order valence-corrected chi connectivity index (χ2v) is 2.12. The summed E-state index contributed by atoms with van der Waals surface area (Å²) in [4.78, 5) is 10.0. The zero-order valence-corrected chi connectivity index (χ0v) is 5.27. The van der Waals surface area contributed by atoms with Crippen LogP contribution in [0.25, 0.3) is 0 Å². The molecule has 0 aromatic carbocycles. The summed E-state index contributed by atoms with van der Waals surface area (Å²) in [5.41, 5.74) is 0. The Hall–Kier alpha value is -0.0500. The zero-order chi connectivity index (χ0) is 5.28. The Balaban J connectivity index is 2.17. The lowest BCUT2D eigenvalue weighted by atomic mass is 10.2. The number of esters is 1. The van der Waals surface area contributed by atoms with Gasteiger partial charge < -0.3 is 4.74 Å². The smallest absolute Gasteiger partial charge is 0.309 e. The molecule has 0 spiro atoms. The van der Waals surface area contributed by atoms with Crippen molar-refractivity contribution in [3.8, 4) is 0 Å². The van der Waals surface area contributed by atoms with Crippen LogP contribution in [0.4, 0.5) is 0 Å². The number of hydrogen-bond acceptors (Lipinski definition) is 2. The summed E-state index contributed by atoms with van der Waals surface area (Å²) in [6.45, 7) is 0. The van der Waals surface area contributed by atoms with Crippen molar-refractivity contribution in [1.29, 1.82) is 0 Å². The molecule has 40 valence electrons. The van der Waals surface area contributed by atoms with Gasteiger partial charge in [-0.1, -0.05) is 15.9 Å². The molecule has 3 heteroatoms. The summed E-state index contributed by atoms with van der Waals surface area (Å²) in [6.07, 6.45) is 0.748. The van der Waals surface area contributed by atoms with E-state index < -0.39 is 0 Å². The number of hydrogen-bond donors (Lipinski definition) is 0. The largest absolute Gasteiger partial charge is 0.461 e. The van der Waals surface area contributed by atoms with Gasteiger partial charge in [-0.3, -0.25) is 4.79 Å². The van der Waals surface area contributed by atoms with Crippen molar-refractivity contribution < 1.29 is 9.53 Å². The number of cyclic esters (lactones) is 1. The molecule has 1 aliphatic heterocycles. The minimum Gasteiger partial charge on any atom is -0.461 e. The van der Waals surface area contributed by atoms with E-state index in [9.17, 15) is 4.79 Å². The first-order chi connectivity index (χ1) is 3.33. The van der Waals surface area contributed by atoms with Crippen LogP contribution in [-0.2, 0) is 9.53 Å². The predicted molar refractivity (Wildman–Crippen MR) is 28.3 cm³/mol. The fourth-order valence-corrected chi connectivity index (χ4v) is 0.809. The standard InChI is InChI=1S/C4H5BrO2/c5-2-3-1-4(6)7-3/h3H,1-2H2. The van der Waals surface area contributed by atoms with Crippen LogP contribution in [-0.4, -0.2) is 17.4 Å². The Morgan fingerprint density at radius 1 is 2.00 bits per heavy atom. The SMILES string of the molecule is O=C1CC(CBr)O1. The monoisotopic (exact) mass is 164 g/mol. The van der Waals surface area contributed by atoms with E-state index in [0.717, 1.165) is 5.33 Å². The van der Waals surface area contributed by atoms with E-state index in [4.69, 9.17) is 0 Å². The van der Waals surface area contributed by atoms with Gasteiger partial charge in [-0.05, 0) is 0 Å². The van der Waals surface area contributed by atoms with Crippen LogP contribution in [0.3, 0.4) is 0 Å². The fraction of sp³-hybridized carbons (Fsp3) is 0.750. The lowest BCUT2D eigenvalue weighted by Crippen LogP contribution is -2.33. The highest BCUT2D eigenvalue weighted by Crippen LogP contribution is 2.14. The van der Waals surface area contributed by atoms with Gasteiger partial charge in [0.25, 0.3) is 0 Å². The number of halogens is 1. The number of carbonyl (C=O) groups excluding carboxylic acids is 1. The van der Waals surface area contributed by atoms with Crippen molar-refractivity contribution >= 4 is 21.9 Å². The molecule has 0 aromatic heterocycles. The Morgan fingerprint density at radius 3 is 2.71 bits per heavy atom. The molecule has 0 saturated carbocycles. The summed E-state index contributed by atoms with van der Waals surface area (Å²) in [5.74, 6) is -0.0792. The van der Waals surface area contributed by atoms with Gasteiger partial charge in [0, 0.05) is 5.33 Å². The molecule has 1 heterocycles. The van der Waals surface area contributed by atoms with Crippen molar-refractivity contribution in [2.75, 3.05) is 5.33 Å². The summed E-state index contributed by atoms with van der Waals surface area (Å²) in [7, 11) is 0. The quantitative estimate of drug-likeness (QED) is 0.422.